The number of nitrogens with zero attached hydrogens (tertiary/aromatic N) is 3. The molecule has 0 spiro atoms. The third kappa shape index (κ3) is 5.01. The minimum Gasteiger partial charge on any atom is -0.495 e. The molecule has 0 radical (unpaired) electrons. The molecule has 1 aliphatic carbocycles. The Morgan fingerprint density at radius 1 is 0.970 bits per heavy atom. The first-order chi connectivity index (χ1) is 15.9. The lowest BCUT2D eigenvalue weighted by atomic mass is 9.96. The van der Waals surface area contributed by atoms with Crippen LogP contribution in [-0.2, 0) is 10.0 Å². The number of carbonyl (C=O) groups is 1. The molecule has 0 atom stereocenters. The van der Waals surface area contributed by atoms with Crippen molar-refractivity contribution in [2.45, 2.75) is 43.0 Å². The van der Waals surface area contributed by atoms with Crippen LogP contribution in [-0.4, -0.2) is 69.9 Å². The molecule has 1 heterocycles. The van der Waals surface area contributed by atoms with Gasteiger partial charge in [0.2, 0.25) is 10.0 Å². The summed E-state index contributed by atoms with van der Waals surface area (Å²) >= 11 is 0. The largest absolute Gasteiger partial charge is 0.495 e. The summed E-state index contributed by atoms with van der Waals surface area (Å²) in [6.45, 7) is 2.51. The number of piperazine rings is 1. The van der Waals surface area contributed by atoms with E-state index in [1.165, 1.54) is 16.8 Å². The Morgan fingerprint density at radius 3 is 2.36 bits per heavy atom. The third-order valence-electron chi connectivity index (χ3n) is 6.84. The summed E-state index contributed by atoms with van der Waals surface area (Å²) in [5.74, 6) is 0.685. The Morgan fingerprint density at radius 2 is 1.67 bits per heavy atom. The molecule has 1 aliphatic heterocycles. The number of para-hydroxylation sites is 2. The quantitative estimate of drug-likeness (QED) is 0.644. The fraction of sp³-hybridized carbons (Fsp3) is 0.480. The highest BCUT2D eigenvalue weighted by molar-refractivity contribution is 7.89. The van der Waals surface area contributed by atoms with Crippen LogP contribution in [0.25, 0.3) is 0 Å². The van der Waals surface area contributed by atoms with Gasteiger partial charge in [-0.3, -0.25) is 4.79 Å². The lowest BCUT2D eigenvalue weighted by Crippen LogP contribution is -2.49. The van der Waals surface area contributed by atoms with E-state index in [1.54, 1.807) is 37.3 Å². The summed E-state index contributed by atoms with van der Waals surface area (Å²) in [6.07, 6.45) is 5.07. The normalized spacial score (nSPS) is 17.9. The van der Waals surface area contributed by atoms with E-state index < -0.39 is 10.0 Å². The molecule has 4 rings (SSSR count). The molecule has 1 amide bonds. The van der Waals surface area contributed by atoms with Crippen molar-refractivity contribution in [1.29, 1.82) is 0 Å². The molecule has 8 heteroatoms. The maximum Gasteiger partial charge on any atom is 0.254 e. The van der Waals surface area contributed by atoms with E-state index in [-0.39, 0.29) is 16.8 Å². The number of rotatable bonds is 6. The SMILES string of the molecule is COc1ccccc1N1CCN(C(=O)c2cccc(S(=O)(=O)N(C)C3CCCCC3)c2)CC1. The van der Waals surface area contributed by atoms with Crippen LogP contribution in [0.15, 0.2) is 53.4 Å². The van der Waals surface area contributed by atoms with Crippen LogP contribution in [0.3, 0.4) is 0 Å². The van der Waals surface area contributed by atoms with E-state index >= 15 is 0 Å². The van der Waals surface area contributed by atoms with Crippen LogP contribution in [0.4, 0.5) is 5.69 Å². The molecule has 0 N–H and O–H groups in total. The number of hydrogen-bond acceptors (Lipinski definition) is 5. The van der Waals surface area contributed by atoms with E-state index in [2.05, 4.69) is 4.90 Å². The summed E-state index contributed by atoms with van der Waals surface area (Å²) in [4.78, 5) is 17.4. The van der Waals surface area contributed by atoms with E-state index in [0.717, 1.165) is 37.1 Å². The number of methoxy groups -OCH3 is 1. The molecule has 1 saturated heterocycles. The molecule has 178 valence electrons. The Labute approximate surface area is 197 Å². The Kier molecular flexibility index (Phi) is 7.24. The number of benzene rings is 2. The Hall–Kier alpha value is -2.58. The number of anilines is 1. The van der Waals surface area contributed by atoms with Crippen molar-refractivity contribution in [3.8, 4) is 5.75 Å². The van der Waals surface area contributed by atoms with Gasteiger partial charge in [0.1, 0.15) is 5.75 Å². The van der Waals surface area contributed by atoms with Gasteiger partial charge in [0, 0.05) is 44.8 Å². The molecule has 33 heavy (non-hydrogen) atoms. The summed E-state index contributed by atoms with van der Waals surface area (Å²) in [5.41, 5.74) is 1.44. The summed E-state index contributed by atoms with van der Waals surface area (Å²) in [7, 11) is -0.316. The molecule has 2 aromatic rings. The second-order valence-electron chi connectivity index (χ2n) is 8.79. The van der Waals surface area contributed by atoms with Gasteiger partial charge in [0.15, 0.2) is 0 Å². The zero-order valence-corrected chi connectivity index (χ0v) is 20.3. The van der Waals surface area contributed by atoms with Crippen molar-refractivity contribution in [3.63, 3.8) is 0 Å². The maximum atomic E-state index is 13.2. The fourth-order valence-electron chi connectivity index (χ4n) is 4.82. The fourth-order valence-corrected chi connectivity index (χ4v) is 6.28. The summed E-state index contributed by atoms with van der Waals surface area (Å²) in [5, 5.41) is 0. The van der Waals surface area contributed by atoms with Gasteiger partial charge in [-0.2, -0.15) is 4.31 Å². The molecular formula is C25H33N3O4S. The topological polar surface area (TPSA) is 70.2 Å². The molecule has 2 fully saturated rings. The van der Waals surface area contributed by atoms with Crippen molar-refractivity contribution >= 4 is 21.6 Å². The first kappa shape index (κ1) is 23.6. The van der Waals surface area contributed by atoms with Crippen LogP contribution in [0.2, 0.25) is 0 Å². The van der Waals surface area contributed by atoms with E-state index in [0.29, 0.717) is 31.7 Å². The first-order valence-corrected chi connectivity index (χ1v) is 13.1. The Bertz CT molecular complexity index is 1070. The van der Waals surface area contributed by atoms with Gasteiger partial charge >= 0.3 is 0 Å². The maximum absolute atomic E-state index is 13.2. The number of sulfonamides is 1. The second-order valence-corrected chi connectivity index (χ2v) is 10.8. The van der Waals surface area contributed by atoms with Gasteiger partial charge in [0.25, 0.3) is 5.91 Å². The van der Waals surface area contributed by atoms with Crippen LogP contribution >= 0.6 is 0 Å². The first-order valence-electron chi connectivity index (χ1n) is 11.7. The molecule has 0 unspecified atom stereocenters. The number of carbonyl (C=O) groups excluding carboxylic acids is 1. The predicted molar refractivity (Wildman–Crippen MR) is 129 cm³/mol. The summed E-state index contributed by atoms with van der Waals surface area (Å²) < 4.78 is 33.4. The highest BCUT2D eigenvalue weighted by atomic mass is 32.2. The van der Waals surface area contributed by atoms with Crippen LogP contribution in [0.5, 0.6) is 5.75 Å². The van der Waals surface area contributed by atoms with Gasteiger partial charge in [-0.15, -0.1) is 0 Å². The van der Waals surface area contributed by atoms with Gasteiger partial charge in [-0.05, 0) is 43.2 Å². The molecule has 7 nitrogen and oxygen atoms in total. The van der Waals surface area contributed by atoms with Gasteiger partial charge in [-0.25, -0.2) is 8.42 Å². The van der Waals surface area contributed by atoms with Crippen molar-refractivity contribution in [2.24, 2.45) is 0 Å². The molecule has 1 saturated carbocycles. The van der Waals surface area contributed by atoms with Gasteiger partial charge < -0.3 is 14.5 Å². The van der Waals surface area contributed by atoms with E-state index in [9.17, 15) is 13.2 Å². The lowest BCUT2D eigenvalue weighted by molar-refractivity contribution is 0.0746. The van der Waals surface area contributed by atoms with E-state index in [4.69, 9.17) is 4.74 Å². The minimum absolute atomic E-state index is 0.0335. The molecule has 0 aromatic heterocycles. The Balaban J connectivity index is 1.45. The van der Waals surface area contributed by atoms with Crippen LogP contribution in [0.1, 0.15) is 42.5 Å². The number of ether oxygens (including phenoxy) is 1. The van der Waals surface area contributed by atoms with Gasteiger partial charge in [0.05, 0.1) is 17.7 Å². The average molecular weight is 472 g/mol. The minimum atomic E-state index is -3.64. The van der Waals surface area contributed by atoms with Crippen LogP contribution < -0.4 is 9.64 Å². The molecule has 0 bridgehead atoms. The predicted octanol–water partition coefficient (Wildman–Crippen LogP) is 3.61. The number of amides is 1. The highest BCUT2D eigenvalue weighted by Gasteiger charge is 2.30. The van der Waals surface area contributed by atoms with E-state index in [1.807, 2.05) is 24.3 Å². The average Bonchev–Trinajstić information content (AvgIpc) is 2.88. The van der Waals surface area contributed by atoms with Crippen LogP contribution in [0, 0.1) is 0 Å². The molecule has 2 aliphatic rings. The number of hydrogen-bond donors (Lipinski definition) is 0. The monoisotopic (exact) mass is 471 g/mol. The van der Waals surface area contributed by atoms with Crippen molar-refractivity contribution in [2.75, 3.05) is 45.2 Å². The third-order valence-corrected chi connectivity index (χ3v) is 8.75. The molecule has 2 aromatic carbocycles. The van der Waals surface area contributed by atoms with Gasteiger partial charge in [-0.1, -0.05) is 37.5 Å². The zero-order valence-electron chi connectivity index (χ0n) is 19.4. The smallest absolute Gasteiger partial charge is 0.254 e. The molecular weight excluding hydrogens is 438 g/mol. The van der Waals surface area contributed by atoms with Crippen molar-refractivity contribution in [1.82, 2.24) is 9.21 Å². The van der Waals surface area contributed by atoms with Crippen molar-refractivity contribution in [3.05, 3.63) is 54.1 Å². The van der Waals surface area contributed by atoms with Crippen molar-refractivity contribution < 1.29 is 17.9 Å². The highest BCUT2D eigenvalue weighted by Crippen LogP contribution is 2.29. The zero-order chi connectivity index (χ0) is 23.4. The standard InChI is InChI=1S/C25H33N3O4S/c1-26(21-10-4-3-5-11-21)33(30,31)22-12-8-9-20(19-22)25(29)28-17-15-27(16-18-28)23-13-6-7-14-24(23)32-2/h6-9,12-14,19,21H,3-5,10-11,15-18H2,1-2H3. The lowest BCUT2D eigenvalue weighted by Gasteiger charge is -2.36. The summed E-state index contributed by atoms with van der Waals surface area (Å²) in [6, 6.07) is 14.4. The second kappa shape index (κ2) is 10.1.